The van der Waals surface area contributed by atoms with Crippen LogP contribution in [0.2, 0.25) is 0 Å². The van der Waals surface area contributed by atoms with Crippen molar-refractivity contribution in [3.05, 3.63) is 44.9 Å². The van der Waals surface area contributed by atoms with Crippen LogP contribution in [-0.2, 0) is 10.3 Å². The highest BCUT2D eigenvalue weighted by Gasteiger charge is 2.26. The highest BCUT2D eigenvalue weighted by molar-refractivity contribution is 9.10. The molecular formula is C15H17BrN2O3. The molecule has 0 aliphatic carbocycles. The zero-order chi connectivity index (χ0) is 15.6. The molecule has 0 aliphatic heterocycles. The van der Waals surface area contributed by atoms with Crippen molar-refractivity contribution in [1.82, 2.24) is 9.97 Å². The summed E-state index contributed by atoms with van der Waals surface area (Å²) in [5.74, 6) is -0.0175. The van der Waals surface area contributed by atoms with Gasteiger partial charge in [0.1, 0.15) is 17.0 Å². The lowest BCUT2D eigenvalue weighted by Crippen LogP contribution is -2.28. The van der Waals surface area contributed by atoms with Crippen LogP contribution in [0.15, 0.2) is 33.5 Å². The molecule has 0 saturated heterocycles. The first kappa shape index (κ1) is 15.7. The fourth-order valence-corrected chi connectivity index (χ4v) is 2.57. The zero-order valence-electron chi connectivity index (χ0n) is 12.1. The van der Waals surface area contributed by atoms with E-state index in [4.69, 9.17) is 4.74 Å². The molecule has 2 aromatic rings. The van der Waals surface area contributed by atoms with E-state index in [-0.39, 0.29) is 11.4 Å². The molecule has 1 aromatic heterocycles. The molecule has 2 N–H and O–H groups in total. The van der Waals surface area contributed by atoms with E-state index in [1.165, 1.54) is 0 Å². The number of benzene rings is 1. The van der Waals surface area contributed by atoms with Gasteiger partial charge in [-0.3, -0.25) is 4.79 Å². The van der Waals surface area contributed by atoms with Gasteiger partial charge in [-0.15, -0.1) is 0 Å². The quantitative estimate of drug-likeness (QED) is 0.885. The van der Waals surface area contributed by atoms with E-state index in [1.54, 1.807) is 32.0 Å². The summed E-state index contributed by atoms with van der Waals surface area (Å²) >= 11 is 3.37. The Labute approximate surface area is 131 Å². The Bertz CT molecular complexity index is 710. The average molecular weight is 353 g/mol. The number of aromatic nitrogens is 2. The van der Waals surface area contributed by atoms with Crippen LogP contribution in [0.25, 0.3) is 11.1 Å². The van der Waals surface area contributed by atoms with Crippen molar-refractivity contribution in [2.75, 3.05) is 6.61 Å². The highest BCUT2D eigenvalue weighted by Crippen LogP contribution is 2.31. The van der Waals surface area contributed by atoms with Crippen molar-refractivity contribution in [2.45, 2.75) is 26.4 Å². The second-order valence-corrected chi connectivity index (χ2v) is 5.89. The fourth-order valence-electron chi connectivity index (χ4n) is 2.08. The third kappa shape index (κ3) is 3.16. The molecule has 0 bridgehead atoms. The number of ether oxygens (including phenoxy) is 1. The van der Waals surface area contributed by atoms with Crippen LogP contribution in [-0.4, -0.2) is 21.7 Å². The second-order valence-electron chi connectivity index (χ2n) is 5.04. The van der Waals surface area contributed by atoms with Gasteiger partial charge in [-0.2, -0.15) is 4.98 Å². The third-order valence-corrected chi connectivity index (χ3v) is 3.81. The molecule has 0 amide bonds. The number of nitrogens with one attached hydrogen (secondary N) is 1. The Balaban J connectivity index is 2.59. The minimum atomic E-state index is -0.780. The van der Waals surface area contributed by atoms with E-state index in [0.29, 0.717) is 22.5 Å². The lowest BCUT2D eigenvalue weighted by atomic mass is 10.1. The smallest absolute Gasteiger partial charge is 0.262 e. The normalized spacial score (nSPS) is 11.6. The van der Waals surface area contributed by atoms with Gasteiger partial charge in [0, 0.05) is 16.6 Å². The summed E-state index contributed by atoms with van der Waals surface area (Å²) in [7, 11) is 0. The maximum Gasteiger partial charge on any atom is 0.262 e. The van der Waals surface area contributed by atoms with Gasteiger partial charge in [-0.1, -0.05) is 34.1 Å². The van der Waals surface area contributed by atoms with Gasteiger partial charge in [0.25, 0.3) is 5.56 Å². The van der Waals surface area contributed by atoms with Gasteiger partial charge in [-0.25, -0.2) is 0 Å². The molecule has 0 spiro atoms. The lowest BCUT2D eigenvalue weighted by molar-refractivity contribution is -0.0213. The maximum absolute atomic E-state index is 12.3. The van der Waals surface area contributed by atoms with Gasteiger partial charge in [0.05, 0.1) is 0 Å². The number of aromatic hydroxyl groups is 1. The van der Waals surface area contributed by atoms with Crippen molar-refractivity contribution in [3.8, 4) is 17.0 Å². The van der Waals surface area contributed by atoms with Crippen molar-refractivity contribution in [1.29, 1.82) is 0 Å². The van der Waals surface area contributed by atoms with Gasteiger partial charge in [0.15, 0.2) is 0 Å². The van der Waals surface area contributed by atoms with Crippen LogP contribution in [0.3, 0.4) is 0 Å². The lowest BCUT2D eigenvalue weighted by Gasteiger charge is -2.23. The van der Waals surface area contributed by atoms with Crippen LogP contribution >= 0.6 is 15.9 Å². The topological polar surface area (TPSA) is 75.2 Å². The molecule has 5 nitrogen and oxygen atoms in total. The summed E-state index contributed by atoms with van der Waals surface area (Å²) in [6.07, 6.45) is 0. The second kappa shape index (κ2) is 5.99. The van der Waals surface area contributed by atoms with E-state index in [9.17, 15) is 9.90 Å². The van der Waals surface area contributed by atoms with E-state index in [2.05, 4.69) is 25.9 Å². The first-order valence-corrected chi connectivity index (χ1v) is 7.38. The van der Waals surface area contributed by atoms with Gasteiger partial charge in [0.2, 0.25) is 5.88 Å². The summed E-state index contributed by atoms with van der Waals surface area (Å²) < 4.78 is 6.25. The first-order valence-electron chi connectivity index (χ1n) is 6.59. The van der Waals surface area contributed by atoms with Crippen LogP contribution in [0.1, 0.15) is 26.6 Å². The number of aromatic amines is 1. The Morgan fingerprint density at radius 1 is 1.38 bits per heavy atom. The Kier molecular flexibility index (Phi) is 4.49. The summed E-state index contributed by atoms with van der Waals surface area (Å²) in [5.41, 5.74) is -0.460. The van der Waals surface area contributed by atoms with Crippen molar-refractivity contribution >= 4 is 15.9 Å². The largest absolute Gasteiger partial charge is 0.493 e. The van der Waals surface area contributed by atoms with E-state index >= 15 is 0 Å². The van der Waals surface area contributed by atoms with Crippen molar-refractivity contribution < 1.29 is 9.84 Å². The number of halogens is 1. The number of hydrogen-bond acceptors (Lipinski definition) is 4. The SMILES string of the molecule is CCOC(C)(C)c1nc(O)c(-c2ccccc2Br)c(=O)[nH]1. The Morgan fingerprint density at radius 2 is 2.05 bits per heavy atom. The summed E-state index contributed by atoms with van der Waals surface area (Å²) in [6, 6.07) is 7.16. The molecule has 1 aromatic carbocycles. The van der Waals surface area contributed by atoms with Crippen LogP contribution in [0.4, 0.5) is 0 Å². The molecule has 0 saturated carbocycles. The fraction of sp³-hybridized carbons (Fsp3) is 0.333. The van der Waals surface area contributed by atoms with Gasteiger partial charge < -0.3 is 14.8 Å². The summed E-state index contributed by atoms with van der Waals surface area (Å²) in [5, 5.41) is 10.2. The standard InChI is InChI=1S/C15H17BrN2O3/c1-4-21-15(2,3)14-17-12(19)11(13(20)18-14)9-7-5-6-8-10(9)16/h5-8H,4H2,1-3H3,(H2,17,18,19,20). The summed E-state index contributed by atoms with van der Waals surface area (Å²) in [6.45, 7) is 5.90. The van der Waals surface area contributed by atoms with Crippen LogP contribution in [0, 0.1) is 0 Å². The van der Waals surface area contributed by atoms with E-state index < -0.39 is 11.2 Å². The Hall–Kier alpha value is -1.66. The first-order chi connectivity index (χ1) is 9.86. The average Bonchev–Trinajstić information content (AvgIpc) is 2.40. The highest BCUT2D eigenvalue weighted by atomic mass is 79.9. The molecule has 0 fully saturated rings. The minimum Gasteiger partial charge on any atom is -0.493 e. The van der Waals surface area contributed by atoms with Gasteiger partial charge in [-0.05, 0) is 26.8 Å². The van der Waals surface area contributed by atoms with Crippen LogP contribution in [0.5, 0.6) is 5.88 Å². The number of rotatable bonds is 4. The molecule has 1 heterocycles. The van der Waals surface area contributed by atoms with E-state index in [1.807, 2.05) is 13.0 Å². The Morgan fingerprint density at radius 3 is 2.62 bits per heavy atom. The summed E-state index contributed by atoms with van der Waals surface area (Å²) in [4.78, 5) is 19.1. The third-order valence-electron chi connectivity index (χ3n) is 3.12. The van der Waals surface area contributed by atoms with Crippen molar-refractivity contribution in [2.24, 2.45) is 0 Å². The molecule has 112 valence electrons. The van der Waals surface area contributed by atoms with Crippen molar-refractivity contribution in [3.63, 3.8) is 0 Å². The number of hydrogen-bond donors (Lipinski definition) is 2. The van der Waals surface area contributed by atoms with E-state index in [0.717, 1.165) is 0 Å². The predicted octanol–water partition coefficient (Wildman–Crippen LogP) is 3.18. The number of H-pyrrole nitrogens is 1. The number of nitrogens with zero attached hydrogens (tertiary/aromatic N) is 1. The minimum absolute atomic E-state index is 0.138. The molecule has 2 rings (SSSR count). The maximum atomic E-state index is 12.3. The predicted molar refractivity (Wildman–Crippen MR) is 84.3 cm³/mol. The zero-order valence-corrected chi connectivity index (χ0v) is 13.7. The molecule has 21 heavy (non-hydrogen) atoms. The molecule has 0 aliphatic rings. The molecule has 0 atom stereocenters. The monoisotopic (exact) mass is 352 g/mol. The molecule has 6 heteroatoms. The molecule has 0 radical (unpaired) electrons. The molecular weight excluding hydrogens is 336 g/mol. The van der Waals surface area contributed by atoms with Crippen LogP contribution < -0.4 is 5.56 Å². The molecule has 0 unspecified atom stereocenters. The van der Waals surface area contributed by atoms with Gasteiger partial charge >= 0.3 is 0 Å².